The van der Waals surface area contributed by atoms with Crippen molar-refractivity contribution < 1.29 is 0 Å². The molecule has 0 heteroatoms. The first-order valence-electron chi connectivity index (χ1n) is 3.25. The van der Waals surface area contributed by atoms with Crippen LogP contribution in [0.5, 0.6) is 0 Å². The zero-order valence-electron chi connectivity index (χ0n) is 5.80. The topological polar surface area (TPSA) is 0 Å². The van der Waals surface area contributed by atoms with Crippen LogP contribution in [0.2, 0.25) is 0 Å². The molecule has 0 aromatic carbocycles. The summed E-state index contributed by atoms with van der Waals surface area (Å²) in [5, 5.41) is 0. The summed E-state index contributed by atoms with van der Waals surface area (Å²) in [7, 11) is 0. The van der Waals surface area contributed by atoms with E-state index in [2.05, 4.69) is 37.8 Å². The molecule has 1 aliphatic carbocycles. The van der Waals surface area contributed by atoms with E-state index in [-0.39, 0.29) is 5.41 Å². The first kappa shape index (κ1) is 6.34. The molecule has 1 rings (SSSR count). The number of hydrogen-bond acceptors (Lipinski definition) is 0. The van der Waals surface area contributed by atoms with Crippen LogP contribution in [-0.2, 0) is 0 Å². The molecule has 0 spiro atoms. The predicted molar refractivity (Wildman–Crippen MR) is 41.2 cm³/mol. The summed E-state index contributed by atoms with van der Waals surface area (Å²) < 4.78 is 0. The molecule has 0 heterocycles. The van der Waals surface area contributed by atoms with E-state index in [1.54, 1.807) is 0 Å². The highest BCUT2D eigenvalue weighted by Crippen LogP contribution is 2.27. The molecule has 1 aliphatic rings. The molecule has 0 amide bonds. The second kappa shape index (κ2) is 2.22. The van der Waals surface area contributed by atoms with Crippen molar-refractivity contribution in [1.29, 1.82) is 0 Å². The molecule has 0 bridgehead atoms. The standard InChI is InChI=1S/C9H12/c1-3-9(2)7-5-4-6-8-9/h3-7H,1,8H2,2H3. The highest BCUT2D eigenvalue weighted by molar-refractivity contribution is 5.19. The van der Waals surface area contributed by atoms with E-state index in [0.717, 1.165) is 6.42 Å². The molecule has 0 aliphatic heterocycles. The largest absolute Gasteiger partial charge is 0.102 e. The predicted octanol–water partition coefficient (Wildman–Crippen LogP) is 2.69. The van der Waals surface area contributed by atoms with Gasteiger partial charge in [-0.3, -0.25) is 0 Å². The van der Waals surface area contributed by atoms with Crippen LogP contribution in [0, 0.1) is 5.41 Å². The lowest BCUT2D eigenvalue weighted by atomic mass is 9.84. The summed E-state index contributed by atoms with van der Waals surface area (Å²) >= 11 is 0. The molecule has 0 aromatic heterocycles. The third-order valence-electron chi connectivity index (χ3n) is 1.75. The van der Waals surface area contributed by atoms with Gasteiger partial charge in [-0.2, -0.15) is 0 Å². The van der Waals surface area contributed by atoms with Gasteiger partial charge in [0, 0.05) is 5.41 Å². The van der Waals surface area contributed by atoms with Crippen LogP contribution in [0.15, 0.2) is 37.0 Å². The molecule has 0 nitrogen and oxygen atoms in total. The molecule has 9 heavy (non-hydrogen) atoms. The van der Waals surface area contributed by atoms with Gasteiger partial charge < -0.3 is 0 Å². The molecular formula is C9H12. The van der Waals surface area contributed by atoms with Gasteiger partial charge in [0.1, 0.15) is 0 Å². The molecule has 0 fully saturated rings. The zero-order valence-corrected chi connectivity index (χ0v) is 5.80. The minimum atomic E-state index is 0.217. The summed E-state index contributed by atoms with van der Waals surface area (Å²) in [6.07, 6.45) is 11.6. The number of hydrogen-bond donors (Lipinski definition) is 0. The third-order valence-corrected chi connectivity index (χ3v) is 1.75. The van der Waals surface area contributed by atoms with Gasteiger partial charge in [-0.15, -0.1) is 6.58 Å². The van der Waals surface area contributed by atoms with E-state index in [4.69, 9.17) is 0 Å². The van der Waals surface area contributed by atoms with Gasteiger partial charge in [0.25, 0.3) is 0 Å². The minimum absolute atomic E-state index is 0.217. The molecule has 1 atom stereocenters. The first-order valence-corrected chi connectivity index (χ1v) is 3.25. The van der Waals surface area contributed by atoms with Crippen molar-refractivity contribution in [3.05, 3.63) is 37.0 Å². The lowest BCUT2D eigenvalue weighted by molar-refractivity contribution is 0.558. The van der Waals surface area contributed by atoms with Crippen LogP contribution < -0.4 is 0 Å². The fourth-order valence-electron chi connectivity index (χ4n) is 0.895. The summed E-state index contributed by atoms with van der Waals surface area (Å²) in [5.41, 5.74) is 0.217. The van der Waals surface area contributed by atoms with E-state index < -0.39 is 0 Å². The van der Waals surface area contributed by atoms with Gasteiger partial charge in [0.15, 0.2) is 0 Å². The second-order valence-corrected chi connectivity index (χ2v) is 2.70. The Bertz CT molecular complexity index is 163. The molecule has 0 aromatic rings. The third kappa shape index (κ3) is 1.32. The maximum absolute atomic E-state index is 3.77. The van der Waals surface area contributed by atoms with E-state index in [1.807, 2.05) is 6.08 Å². The molecule has 1 unspecified atom stereocenters. The smallest absolute Gasteiger partial charge is 0.00677 e. The van der Waals surface area contributed by atoms with Crippen LogP contribution in [0.4, 0.5) is 0 Å². The van der Waals surface area contributed by atoms with Crippen molar-refractivity contribution in [3.63, 3.8) is 0 Å². The Morgan fingerprint density at radius 1 is 1.56 bits per heavy atom. The Morgan fingerprint density at radius 2 is 2.33 bits per heavy atom. The van der Waals surface area contributed by atoms with E-state index >= 15 is 0 Å². The number of rotatable bonds is 1. The van der Waals surface area contributed by atoms with Gasteiger partial charge in [0.2, 0.25) is 0 Å². The van der Waals surface area contributed by atoms with Crippen LogP contribution in [-0.4, -0.2) is 0 Å². The monoisotopic (exact) mass is 120 g/mol. The van der Waals surface area contributed by atoms with Gasteiger partial charge in [-0.25, -0.2) is 0 Å². The zero-order chi connectivity index (χ0) is 6.74. The highest BCUT2D eigenvalue weighted by atomic mass is 14.2. The lowest BCUT2D eigenvalue weighted by Gasteiger charge is -2.20. The second-order valence-electron chi connectivity index (χ2n) is 2.70. The summed E-state index contributed by atoms with van der Waals surface area (Å²) in [6, 6.07) is 0. The van der Waals surface area contributed by atoms with Gasteiger partial charge in [-0.1, -0.05) is 37.3 Å². The fraction of sp³-hybridized carbons (Fsp3) is 0.333. The Balaban J connectivity index is 2.73. The minimum Gasteiger partial charge on any atom is -0.102 e. The molecular weight excluding hydrogens is 108 g/mol. The highest BCUT2D eigenvalue weighted by Gasteiger charge is 2.14. The molecule has 0 N–H and O–H groups in total. The fourth-order valence-corrected chi connectivity index (χ4v) is 0.895. The maximum Gasteiger partial charge on any atom is 0.00677 e. The SMILES string of the molecule is C=CC1(C)C=CC=CC1. The summed E-state index contributed by atoms with van der Waals surface area (Å²) in [6.45, 7) is 5.95. The van der Waals surface area contributed by atoms with Crippen molar-refractivity contribution in [2.24, 2.45) is 5.41 Å². The van der Waals surface area contributed by atoms with E-state index in [1.165, 1.54) is 0 Å². The molecule has 0 saturated heterocycles. The summed E-state index contributed by atoms with van der Waals surface area (Å²) in [4.78, 5) is 0. The van der Waals surface area contributed by atoms with Crippen LogP contribution in [0.25, 0.3) is 0 Å². The van der Waals surface area contributed by atoms with E-state index in [9.17, 15) is 0 Å². The van der Waals surface area contributed by atoms with E-state index in [0.29, 0.717) is 0 Å². The van der Waals surface area contributed by atoms with Gasteiger partial charge >= 0.3 is 0 Å². The Hall–Kier alpha value is -0.780. The summed E-state index contributed by atoms with van der Waals surface area (Å²) in [5.74, 6) is 0. The molecule has 0 saturated carbocycles. The normalized spacial score (nSPS) is 32.6. The maximum atomic E-state index is 3.77. The van der Waals surface area contributed by atoms with Gasteiger partial charge in [-0.05, 0) is 6.42 Å². The van der Waals surface area contributed by atoms with Crippen molar-refractivity contribution in [3.8, 4) is 0 Å². The lowest BCUT2D eigenvalue weighted by Crippen LogP contribution is -2.08. The van der Waals surface area contributed by atoms with Crippen molar-refractivity contribution in [1.82, 2.24) is 0 Å². The number of allylic oxidation sites excluding steroid dienone is 5. The average molecular weight is 120 g/mol. The quantitative estimate of drug-likeness (QED) is 0.467. The van der Waals surface area contributed by atoms with Crippen LogP contribution in [0.3, 0.4) is 0 Å². The Morgan fingerprint density at radius 3 is 2.67 bits per heavy atom. The average Bonchev–Trinajstić information content (AvgIpc) is 1.90. The van der Waals surface area contributed by atoms with Crippen LogP contribution >= 0.6 is 0 Å². The molecule has 48 valence electrons. The first-order chi connectivity index (χ1) is 4.27. The van der Waals surface area contributed by atoms with Crippen molar-refractivity contribution >= 4 is 0 Å². The Labute approximate surface area is 56.6 Å². The Kier molecular flexibility index (Phi) is 1.56. The van der Waals surface area contributed by atoms with Crippen molar-refractivity contribution in [2.75, 3.05) is 0 Å². The van der Waals surface area contributed by atoms with Gasteiger partial charge in [0.05, 0.1) is 0 Å². The van der Waals surface area contributed by atoms with Crippen LogP contribution in [0.1, 0.15) is 13.3 Å². The van der Waals surface area contributed by atoms with Crippen molar-refractivity contribution in [2.45, 2.75) is 13.3 Å². The molecule has 0 radical (unpaired) electrons.